The lowest BCUT2D eigenvalue weighted by Gasteiger charge is -2.04. The van der Waals surface area contributed by atoms with Gasteiger partial charge in [0.1, 0.15) is 0 Å². The first-order valence-electron chi connectivity index (χ1n) is 4.00. The number of aliphatic hydroxyl groups is 1. The number of hydrogen-bond acceptors (Lipinski definition) is 6. The molecule has 6 nitrogen and oxygen atoms in total. The first-order chi connectivity index (χ1) is 6.76. The Morgan fingerprint density at radius 3 is 3.14 bits per heavy atom. The highest BCUT2D eigenvalue weighted by atomic mass is 32.1. The zero-order chi connectivity index (χ0) is 10.4. The second kappa shape index (κ2) is 5.40. The smallest absolute Gasteiger partial charge is 0.425 e. The van der Waals surface area contributed by atoms with E-state index in [0.717, 1.165) is 0 Å². The lowest BCUT2D eigenvalue weighted by atomic mass is 10.5. The van der Waals surface area contributed by atoms with Crippen LogP contribution in [-0.4, -0.2) is 22.8 Å². The first-order valence-corrected chi connectivity index (χ1v) is 4.88. The van der Waals surface area contributed by atoms with Gasteiger partial charge in [-0.2, -0.15) is 0 Å². The molecule has 0 aliphatic rings. The molecule has 3 N–H and O–H groups in total. The molecule has 1 heterocycles. The molecule has 0 aliphatic heterocycles. The van der Waals surface area contributed by atoms with E-state index in [-0.39, 0.29) is 6.61 Å². The van der Waals surface area contributed by atoms with Crippen LogP contribution in [0.4, 0.5) is 9.93 Å². The van der Waals surface area contributed by atoms with Crippen LogP contribution in [0.15, 0.2) is 5.38 Å². The maximum Gasteiger partial charge on any atom is 0.425 e. The molecule has 0 spiro atoms. The van der Waals surface area contributed by atoms with Gasteiger partial charge in [0.05, 0.1) is 18.9 Å². The number of hydrogen-bond donors (Lipinski definition) is 3. The van der Waals surface area contributed by atoms with Crippen molar-refractivity contribution in [3.8, 4) is 0 Å². The van der Waals surface area contributed by atoms with E-state index in [2.05, 4.69) is 20.6 Å². The normalized spacial score (nSPS) is 9.57. The van der Waals surface area contributed by atoms with Crippen molar-refractivity contribution in [2.45, 2.75) is 13.5 Å². The van der Waals surface area contributed by atoms with E-state index < -0.39 is 6.09 Å². The highest BCUT2D eigenvalue weighted by molar-refractivity contribution is 7.13. The zero-order valence-electron chi connectivity index (χ0n) is 7.61. The Labute approximate surface area is 84.9 Å². The molecule has 0 bridgehead atoms. The minimum absolute atomic E-state index is 0.114. The summed E-state index contributed by atoms with van der Waals surface area (Å²) in [7, 11) is 0. The highest BCUT2D eigenvalue weighted by Crippen LogP contribution is 2.13. The maximum absolute atomic E-state index is 10.8. The van der Waals surface area contributed by atoms with E-state index in [1.165, 1.54) is 11.3 Å². The number of thiazole rings is 1. The van der Waals surface area contributed by atoms with Crippen molar-refractivity contribution in [3.05, 3.63) is 11.1 Å². The fourth-order valence-electron chi connectivity index (χ4n) is 0.709. The summed E-state index contributed by atoms with van der Waals surface area (Å²) in [6.07, 6.45) is -0.562. The second-order valence-corrected chi connectivity index (χ2v) is 3.13. The standard InChI is InChI=1S/C7H11N3O3S/c1-2-13-7(12)10-9-6-8-5(3-11)4-14-6/h4,11H,2-3H2,1H3,(H,8,9)(H,10,12). The topological polar surface area (TPSA) is 83.5 Å². The van der Waals surface area contributed by atoms with E-state index >= 15 is 0 Å². The molecule has 78 valence electrons. The third kappa shape index (κ3) is 3.19. The lowest BCUT2D eigenvalue weighted by Crippen LogP contribution is -2.29. The van der Waals surface area contributed by atoms with Crippen LogP contribution in [-0.2, 0) is 11.3 Å². The molecule has 14 heavy (non-hydrogen) atoms. The van der Waals surface area contributed by atoms with Crippen LogP contribution in [0.1, 0.15) is 12.6 Å². The van der Waals surface area contributed by atoms with Gasteiger partial charge in [0.2, 0.25) is 5.13 Å². The lowest BCUT2D eigenvalue weighted by molar-refractivity contribution is 0.154. The Morgan fingerprint density at radius 2 is 2.57 bits per heavy atom. The molecule has 0 saturated heterocycles. The van der Waals surface area contributed by atoms with E-state index in [4.69, 9.17) is 5.11 Å². The van der Waals surface area contributed by atoms with Crippen LogP contribution in [0.25, 0.3) is 0 Å². The fourth-order valence-corrected chi connectivity index (χ4v) is 1.36. The molecule has 0 saturated carbocycles. The van der Waals surface area contributed by atoms with Gasteiger partial charge in [-0.1, -0.05) is 0 Å². The van der Waals surface area contributed by atoms with Crippen LogP contribution in [0.3, 0.4) is 0 Å². The van der Waals surface area contributed by atoms with Gasteiger partial charge in [-0.3, -0.25) is 5.43 Å². The van der Waals surface area contributed by atoms with Gasteiger partial charge in [-0.05, 0) is 6.92 Å². The van der Waals surface area contributed by atoms with Crippen molar-refractivity contribution in [2.75, 3.05) is 12.0 Å². The van der Waals surface area contributed by atoms with Crippen molar-refractivity contribution in [1.82, 2.24) is 10.4 Å². The summed E-state index contributed by atoms with van der Waals surface area (Å²) in [5.41, 5.74) is 5.41. The average Bonchev–Trinajstić information content (AvgIpc) is 2.63. The molecule has 1 amide bonds. The summed E-state index contributed by atoms with van der Waals surface area (Å²) >= 11 is 1.28. The molecular formula is C7H11N3O3S. The number of amides is 1. The number of aromatic nitrogens is 1. The summed E-state index contributed by atoms with van der Waals surface area (Å²) in [6.45, 7) is 1.91. The fraction of sp³-hybridized carbons (Fsp3) is 0.429. The number of ether oxygens (including phenoxy) is 1. The van der Waals surface area contributed by atoms with Crippen molar-refractivity contribution >= 4 is 22.6 Å². The molecule has 0 radical (unpaired) electrons. The van der Waals surface area contributed by atoms with E-state index in [1.807, 2.05) is 0 Å². The third-order valence-corrected chi connectivity index (χ3v) is 2.07. The third-order valence-electron chi connectivity index (χ3n) is 1.26. The molecule has 0 aliphatic carbocycles. The predicted octanol–water partition coefficient (Wildman–Crippen LogP) is 0.708. The predicted molar refractivity (Wildman–Crippen MR) is 51.8 cm³/mol. The second-order valence-electron chi connectivity index (χ2n) is 2.27. The SMILES string of the molecule is CCOC(=O)NNc1nc(CO)cs1. The average molecular weight is 217 g/mol. The van der Waals surface area contributed by atoms with E-state index in [9.17, 15) is 4.79 Å². The number of anilines is 1. The Morgan fingerprint density at radius 1 is 1.79 bits per heavy atom. The summed E-state index contributed by atoms with van der Waals surface area (Å²) in [6, 6.07) is 0. The monoisotopic (exact) mass is 217 g/mol. The summed E-state index contributed by atoms with van der Waals surface area (Å²) in [5, 5.41) is 10.9. The van der Waals surface area contributed by atoms with Crippen molar-refractivity contribution in [2.24, 2.45) is 0 Å². The van der Waals surface area contributed by atoms with Crippen LogP contribution < -0.4 is 10.9 Å². The Kier molecular flexibility index (Phi) is 4.14. The van der Waals surface area contributed by atoms with Crippen LogP contribution in [0.2, 0.25) is 0 Å². The number of carbonyl (C=O) groups is 1. The highest BCUT2D eigenvalue weighted by Gasteiger charge is 2.02. The number of nitrogens with zero attached hydrogens (tertiary/aromatic N) is 1. The molecule has 1 rings (SSSR count). The van der Waals surface area contributed by atoms with Gasteiger partial charge in [0.25, 0.3) is 0 Å². The van der Waals surface area contributed by atoms with Gasteiger partial charge in [-0.25, -0.2) is 15.2 Å². The molecule has 0 aromatic carbocycles. The van der Waals surface area contributed by atoms with E-state index in [1.54, 1.807) is 12.3 Å². The number of nitrogens with one attached hydrogen (secondary N) is 2. The van der Waals surface area contributed by atoms with Gasteiger partial charge in [0, 0.05) is 5.38 Å². The molecule has 0 fully saturated rings. The molecule has 0 unspecified atom stereocenters. The first kappa shape index (κ1) is 10.7. The van der Waals surface area contributed by atoms with Gasteiger partial charge in [-0.15, -0.1) is 11.3 Å². The minimum atomic E-state index is -0.562. The maximum atomic E-state index is 10.8. The Bertz CT molecular complexity index is 302. The Hall–Kier alpha value is -1.34. The van der Waals surface area contributed by atoms with Crippen LogP contribution >= 0.6 is 11.3 Å². The number of aliphatic hydroxyl groups excluding tert-OH is 1. The van der Waals surface area contributed by atoms with Crippen molar-refractivity contribution < 1.29 is 14.6 Å². The van der Waals surface area contributed by atoms with Gasteiger partial charge < -0.3 is 9.84 Å². The summed E-state index contributed by atoms with van der Waals surface area (Å²) in [4.78, 5) is 14.8. The summed E-state index contributed by atoms with van der Waals surface area (Å²) < 4.78 is 4.61. The number of hydrazine groups is 1. The van der Waals surface area contributed by atoms with Crippen molar-refractivity contribution in [3.63, 3.8) is 0 Å². The largest absolute Gasteiger partial charge is 0.449 e. The van der Waals surface area contributed by atoms with Gasteiger partial charge in [0.15, 0.2) is 0 Å². The zero-order valence-corrected chi connectivity index (χ0v) is 8.43. The minimum Gasteiger partial charge on any atom is -0.449 e. The van der Waals surface area contributed by atoms with Gasteiger partial charge >= 0.3 is 6.09 Å². The van der Waals surface area contributed by atoms with Crippen LogP contribution in [0, 0.1) is 0 Å². The quantitative estimate of drug-likeness (QED) is 0.647. The van der Waals surface area contributed by atoms with E-state index in [0.29, 0.717) is 17.4 Å². The molecule has 7 heteroatoms. The summed E-state index contributed by atoms with van der Waals surface area (Å²) in [5.74, 6) is 0. The molecule has 1 aromatic heterocycles. The Balaban J connectivity index is 2.34. The van der Waals surface area contributed by atoms with Crippen molar-refractivity contribution in [1.29, 1.82) is 0 Å². The van der Waals surface area contributed by atoms with Crippen LogP contribution in [0.5, 0.6) is 0 Å². The number of carbonyl (C=O) groups excluding carboxylic acids is 1. The molecular weight excluding hydrogens is 206 g/mol. The molecule has 0 atom stereocenters. The number of rotatable bonds is 4. The molecule has 1 aromatic rings.